The predicted octanol–water partition coefficient (Wildman–Crippen LogP) is 2.61. The van der Waals surface area contributed by atoms with Crippen LogP contribution in [0.2, 0.25) is 0 Å². The fourth-order valence-electron chi connectivity index (χ4n) is 2.67. The van der Waals surface area contributed by atoms with E-state index in [0.717, 1.165) is 17.0 Å². The summed E-state index contributed by atoms with van der Waals surface area (Å²) in [5.41, 5.74) is 3.10. The van der Waals surface area contributed by atoms with Gasteiger partial charge in [0.05, 0.1) is 5.69 Å². The highest BCUT2D eigenvalue weighted by molar-refractivity contribution is 7.80. The normalized spacial score (nSPS) is 16.6. The lowest BCUT2D eigenvalue weighted by molar-refractivity contribution is -0.122. The molecule has 2 amide bonds. The second kappa shape index (κ2) is 6.25. The lowest BCUT2D eigenvalue weighted by Gasteiger charge is -2.28. The summed E-state index contributed by atoms with van der Waals surface area (Å²) in [6.45, 7) is 3.85. The van der Waals surface area contributed by atoms with Gasteiger partial charge in [-0.1, -0.05) is 0 Å². The van der Waals surface area contributed by atoms with Crippen LogP contribution in [0.5, 0.6) is 0 Å². The van der Waals surface area contributed by atoms with Crippen molar-refractivity contribution in [3.8, 4) is 0 Å². The van der Waals surface area contributed by atoms with E-state index in [-0.39, 0.29) is 10.7 Å². The first-order chi connectivity index (χ1) is 11.8. The molecule has 1 saturated heterocycles. The van der Waals surface area contributed by atoms with E-state index in [9.17, 15) is 14.0 Å². The Morgan fingerprint density at radius 3 is 2.36 bits per heavy atom. The Hall–Kier alpha value is -2.80. The molecule has 0 atom stereocenters. The van der Waals surface area contributed by atoms with Crippen molar-refractivity contribution in [3.05, 3.63) is 58.7 Å². The average molecular weight is 357 g/mol. The van der Waals surface area contributed by atoms with Gasteiger partial charge in [0, 0.05) is 18.4 Å². The minimum Gasteiger partial charge on any atom is -0.352 e. The maximum Gasteiger partial charge on any atom is 0.270 e. The first-order valence-electron chi connectivity index (χ1n) is 7.59. The predicted molar refractivity (Wildman–Crippen MR) is 97.5 cm³/mol. The van der Waals surface area contributed by atoms with E-state index in [0.29, 0.717) is 5.69 Å². The molecule has 0 saturated carbocycles. The number of carbonyl (C=O) groups is 2. The summed E-state index contributed by atoms with van der Waals surface area (Å²) in [5.74, 6) is -1.51. The first kappa shape index (κ1) is 17.0. The average Bonchev–Trinajstić information content (AvgIpc) is 2.80. The number of rotatable bonds is 2. The number of nitrogens with one attached hydrogen (secondary N) is 1. The number of anilines is 1. The van der Waals surface area contributed by atoms with Crippen LogP contribution in [0.15, 0.2) is 35.9 Å². The van der Waals surface area contributed by atoms with Crippen molar-refractivity contribution in [2.75, 3.05) is 4.90 Å². The molecule has 1 aromatic carbocycles. The van der Waals surface area contributed by atoms with Crippen molar-refractivity contribution < 1.29 is 14.0 Å². The Morgan fingerprint density at radius 2 is 1.80 bits per heavy atom. The SMILES string of the molecule is Cc1cc(/C=C2\C(=O)NC(=S)N(c3ccc(F)cc3)C2=O)c(C)n1C. The van der Waals surface area contributed by atoms with E-state index in [2.05, 4.69) is 5.32 Å². The Bertz CT molecular complexity index is 929. The molecule has 0 radical (unpaired) electrons. The number of benzene rings is 1. The smallest absolute Gasteiger partial charge is 0.270 e. The van der Waals surface area contributed by atoms with Gasteiger partial charge in [0.25, 0.3) is 11.8 Å². The Balaban J connectivity index is 2.05. The molecule has 1 fully saturated rings. The van der Waals surface area contributed by atoms with Crippen LogP contribution in [-0.2, 0) is 16.6 Å². The van der Waals surface area contributed by atoms with Gasteiger partial charge in [0.2, 0.25) is 0 Å². The highest BCUT2D eigenvalue weighted by Crippen LogP contribution is 2.24. The summed E-state index contributed by atoms with van der Waals surface area (Å²) >= 11 is 5.11. The summed E-state index contributed by atoms with van der Waals surface area (Å²) < 4.78 is 15.1. The maximum absolute atomic E-state index is 13.1. The number of carbonyl (C=O) groups excluding carboxylic acids is 2. The molecular formula is C18H16FN3O2S. The number of amides is 2. The molecule has 0 spiro atoms. The monoisotopic (exact) mass is 357 g/mol. The van der Waals surface area contributed by atoms with Gasteiger partial charge in [-0.05, 0) is 68.0 Å². The third-order valence-corrected chi connectivity index (χ3v) is 4.59. The third-order valence-electron chi connectivity index (χ3n) is 4.30. The summed E-state index contributed by atoms with van der Waals surface area (Å²) in [6.07, 6.45) is 1.55. The Labute approximate surface area is 149 Å². The molecule has 1 N–H and O–H groups in total. The van der Waals surface area contributed by atoms with Gasteiger partial charge in [0.15, 0.2) is 5.11 Å². The number of aryl methyl sites for hydroxylation is 1. The van der Waals surface area contributed by atoms with Gasteiger partial charge < -0.3 is 4.57 Å². The quantitative estimate of drug-likeness (QED) is 0.511. The lowest BCUT2D eigenvalue weighted by atomic mass is 10.1. The fourth-order valence-corrected chi connectivity index (χ4v) is 2.95. The van der Waals surface area contributed by atoms with Gasteiger partial charge in [-0.2, -0.15) is 0 Å². The van der Waals surface area contributed by atoms with Crippen LogP contribution >= 0.6 is 12.2 Å². The van der Waals surface area contributed by atoms with Crippen molar-refractivity contribution in [3.63, 3.8) is 0 Å². The first-order valence-corrected chi connectivity index (χ1v) is 8.00. The van der Waals surface area contributed by atoms with Gasteiger partial charge in [-0.25, -0.2) is 4.39 Å². The molecule has 128 valence electrons. The molecule has 1 aliphatic rings. The zero-order valence-electron chi connectivity index (χ0n) is 14.0. The highest BCUT2D eigenvalue weighted by atomic mass is 32.1. The number of nitrogens with zero attached hydrogens (tertiary/aromatic N) is 2. The molecule has 7 heteroatoms. The number of hydrogen-bond donors (Lipinski definition) is 1. The Kier molecular flexibility index (Phi) is 4.26. The van der Waals surface area contributed by atoms with E-state index in [1.165, 1.54) is 29.2 Å². The number of thiocarbonyl (C=S) groups is 1. The van der Waals surface area contributed by atoms with Gasteiger partial charge in [0.1, 0.15) is 11.4 Å². The molecule has 0 bridgehead atoms. The van der Waals surface area contributed by atoms with E-state index in [1.54, 1.807) is 6.08 Å². The second-order valence-corrected chi connectivity index (χ2v) is 6.21. The largest absolute Gasteiger partial charge is 0.352 e. The minimum absolute atomic E-state index is 0.0216. The van der Waals surface area contributed by atoms with Crippen molar-refractivity contribution >= 4 is 40.9 Å². The van der Waals surface area contributed by atoms with E-state index in [1.807, 2.05) is 31.5 Å². The maximum atomic E-state index is 13.1. The molecule has 3 rings (SSSR count). The molecule has 2 heterocycles. The van der Waals surface area contributed by atoms with Crippen LogP contribution < -0.4 is 10.2 Å². The van der Waals surface area contributed by atoms with Gasteiger partial charge in [-0.3, -0.25) is 19.8 Å². The number of aromatic nitrogens is 1. The topological polar surface area (TPSA) is 54.3 Å². The summed E-state index contributed by atoms with van der Waals surface area (Å²) in [5, 5.41) is 2.48. The molecule has 2 aromatic rings. The molecular weight excluding hydrogens is 341 g/mol. The molecule has 1 aliphatic heterocycles. The molecule has 25 heavy (non-hydrogen) atoms. The molecule has 0 unspecified atom stereocenters. The summed E-state index contributed by atoms with van der Waals surface area (Å²) in [6, 6.07) is 7.24. The van der Waals surface area contributed by atoms with E-state index in [4.69, 9.17) is 12.2 Å². The van der Waals surface area contributed by atoms with Crippen LogP contribution in [-0.4, -0.2) is 21.5 Å². The lowest BCUT2D eigenvalue weighted by Crippen LogP contribution is -2.54. The number of halogens is 1. The third kappa shape index (κ3) is 2.98. The Morgan fingerprint density at radius 1 is 1.16 bits per heavy atom. The molecule has 0 aliphatic carbocycles. The number of hydrogen-bond acceptors (Lipinski definition) is 3. The summed E-state index contributed by atoms with van der Waals surface area (Å²) in [7, 11) is 1.91. The van der Waals surface area contributed by atoms with E-state index >= 15 is 0 Å². The summed E-state index contributed by atoms with van der Waals surface area (Å²) in [4.78, 5) is 26.3. The van der Waals surface area contributed by atoms with E-state index < -0.39 is 17.6 Å². The minimum atomic E-state index is -0.547. The van der Waals surface area contributed by atoms with Crippen LogP contribution in [0.3, 0.4) is 0 Å². The standard InChI is InChI=1S/C18H16FN3O2S/c1-10-8-12(11(2)21(10)3)9-15-16(23)20-18(25)22(17(15)24)14-6-4-13(19)5-7-14/h4-9H,1-3H3,(H,20,23,25)/b15-9+. The second-order valence-electron chi connectivity index (χ2n) is 5.82. The van der Waals surface area contributed by atoms with Crippen molar-refractivity contribution in [1.82, 2.24) is 9.88 Å². The van der Waals surface area contributed by atoms with Crippen LogP contribution in [0.25, 0.3) is 6.08 Å². The van der Waals surface area contributed by atoms with Gasteiger partial charge in [-0.15, -0.1) is 0 Å². The highest BCUT2D eigenvalue weighted by Gasteiger charge is 2.34. The van der Waals surface area contributed by atoms with Crippen LogP contribution in [0.1, 0.15) is 17.0 Å². The van der Waals surface area contributed by atoms with Crippen LogP contribution in [0.4, 0.5) is 10.1 Å². The van der Waals surface area contributed by atoms with Crippen LogP contribution in [0, 0.1) is 19.7 Å². The zero-order valence-corrected chi connectivity index (χ0v) is 14.8. The zero-order chi connectivity index (χ0) is 18.3. The molecule has 1 aromatic heterocycles. The fraction of sp³-hybridized carbons (Fsp3) is 0.167. The van der Waals surface area contributed by atoms with Gasteiger partial charge >= 0.3 is 0 Å². The van der Waals surface area contributed by atoms with Crippen molar-refractivity contribution in [1.29, 1.82) is 0 Å². The van der Waals surface area contributed by atoms with Crippen molar-refractivity contribution in [2.24, 2.45) is 7.05 Å². The van der Waals surface area contributed by atoms with Crippen molar-refractivity contribution in [2.45, 2.75) is 13.8 Å². The molecule has 5 nitrogen and oxygen atoms in total.